The van der Waals surface area contributed by atoms with E-state index >= 15 is 0 Å². The third kappa shape index (κ3) is 6.47. The topological polar surface area (TPSA) is 105 Å². The van der Waals surface area contributed by atoms with E-state index in [4.69, 9.17) is 9.84 Å². The van der Waals surface area contributed by atoms with Crippen molar-refractivity contribution in [1.29, 1.82) is 0 Å². The summed E-state index contributed by atoms with van der Waals surface area (Å²) in [6.45, 7) is 5.68. The molecule has 0 saturated heterocycles. The van der Waals surface area contributed by atoms with Crippen LogP contribution in [0.5, 0.6) is 0 Å². The number of carbonyl (C=O) groups excluding carboxylic acids is 2. The second-order valence-corrected chi connectivity index (χ2v) is 6.89. The van der Waals surface area contributed by atoms with E-state index in [1.54, 1.807) is 45.0 Å². The number of hydrogen-bond acceptors (Lipinski definition) is 4. The zero-order chi connectivity index (χ0) is 20.0. The van der Waals surface area contributed by atoms with Crippen molar-refractivity contribution in [3.05, 3.63) is 65.2 Å². The van der Waals surface area contributed by atoms with Gasteiger partial charge in [-0.1, -0.05) is 12.1 Å². The van der Waals surface area contributed by atoms with Gasteiger partial charge in [0.15, 0.2) is 0 Å². The molecule has 0 bridgehead atoms. The zero-order valence-electron chi connectivity index (χ0n) is 15.4. The lowest BCUT2D eigenvalue weighted by Crippen LogP contribution is -2.32. The van der Waals surface area contributed by atoms with Crippen molar-refractivity contribution in [2.45, 2.75) is 32.9 Å². The lowest BCUT2D eigenvalue weighted by atomic mass is 10.1. The third-order valence-corrected chi connectivity index (χ3v) is 3.44. The summed E-state index contributed by atoms with van der Waals surface area (Å²) in [4.78, 5) is 34.7. The van der Waals surface area contributed by atoms with Crippen molar-refractivity contribution < 1.29 is 24.2 Å². The van der Waals surface area contributed by atoms with Crippen LogP contribution in [0.3, 0.4) is 0 Å². The number of benzene rings is 2. The molecule has 0 aliphatic heterocycles. The molecule has 2 amide bonds. The number of amides is 2. The first-order valence-electron chi connectivity index (χ1n) is 8.34. The molecule has 0 spiro atoms. The fourth-order valence-electron chi connectivity index (χ4n) is 2.16. The molecule has 2 aromatic carbocycles. The van der Waals surface area contributed by atoms with Crippen LogP contribution in [-0.2, 0) is 11.3 Å². The van der Waals surface area contributed by atoms with Crippen LogP contribution in [0.2, 0.25) is 0 Å². The van der Waals surface area contributed by atoms with Crippen LogP contribution in [-0.4, -0.2) is 28.7 Å². The summed E-state index contributed by atoms with van der Waals surface area (Å²) in [7, 11) is 0. The Morgan fingerprint density at radius 3 is 2.00 bits per heavy atom. The first kappa shape index (κ1) is 20.0. The van der Waals surface area contributed by atoms with Gasteiger partial charge in [0.1, 0.15) is 5.60 Å². The van der Waals surface area contributed by atoms with Gasteiger partial charge in [-0.05, 0) is 62.7 Å². The van der Waals surface area contributed by atoms with Crippen molar-refractivity contribution in [2.75, 3.05) is 5.32 Å². The molecule has 7 heteroatoms. The number of carbonyl (C=O) groups is 3. The number of anilines is 1. The summed E-state index contributed by atoms with van der Waals surface area (Å²) in [5.74, 6) is -1.39. The molecule has 142 valence electrons. The third-order valence-electron chi connectivity index (χ3n) is 3.44. The normalized spacial score (nSPS) is 10.8. The maximum atomic E-state index is 12.2. The number of carboxylic acids is 1. The first-order chi connectivity index (χ1) is 12.6. The molecule has 0 heterocycles. The quantitative estimate of drug-likeness (QED) is 0.745. The van der Waals surface area contributed by atoms with E-state index < -0.39 is 17.7 Å². The standard InChI is InChI=1S/C20H22N2O5/c1-20(2,3)27-19(26)21-12-13-4-10-16(11-5-13)22-17(23)14-6-8-15(9-7-14)18(24)25/h4-11H,12H2,1-3H3,(H,21,26)(H,22,23)(H,24,25). The van der Waals surface area contributed by atoms with Crippen molar-refractivity contribution in [2.24, 2.45) is 0 Å². The Morgan fingerprint density at radius 2 is 1.48 bits per heavy atom. The monoisotopic (exact) mass is 370 g/mol. The van der Waals surface area contributed by atoms with Crippen LogP contribution >= 0.6 is 0 Å². The Bertz CT molecular complexity index is 821. The van der Waals surface area contributed by atoms with E-state index in [0.717, 1.165) is 5.56 Å². The molecular formula is C20H22N2O5. The van der Waals surface area contributed by atoms with Crippen LogP contribution in [0, 0.1) is 0 Å². The summed E-state index contributed by atoms with van der Waals surface area (Å²) in [5.41, 5.74) is 1.36. The number of rotatable bonds is 5. The van der Waals surface area contributed by atoms with Crippen molar-refractivity contribution >= 4 is 23.7 Å². The van der Waals surface area contributed by atoms with Gasteiger partial charge >= 0.3 is 12.1 Å². The number of aromatic carboxylic acids is 1. The molecule has 27 heavy (non-hydrogen) atoms. The average molecular weight is 370 g/mol. The van der Waals surface area contributed by atoms with Crippen LogP contribution in [0.1, 0.15) is 47.1 Å². The van der Waals surface area contributed by atoms with E-state index in [1.807, 2.05) is 0 Å². The van der Waals surface area contributed by atoms with Gasteiger partial charge in [-0.15, -0.1) is 0 Å². The molecule has 0 fully saturated rings. The second kappa shape index (κ2) is 8.35. The summed E-state index contributed by atoms with van der Waals surface area (Å²) < 4.78 is 5.16. The van der Waals surface area contributed by atoms with E-state index in [2.05, 4.69) is 10.6 Å². The predicted molar refractivity (Wildman–Crippen MR) is 101 cm³/mol. The van der Waals surface area contributed by atoms with Gasteiger partial charge in [0.25, 0.3) is 5.91 Å². The zero-order valence-corrected chi connectivity index (χ0v) is 15.4. The minimum atomic E-state index is -1.04. The van der Waals surface area contributed by atoms with Gasteiger partial charge in [-0.3, -0.25) is 4.79 Å². The highest BCUT2D eigenvalue weighted by Crippen LogP contribution is 2.13. The van der Waals surface area contributed by atoms with E-state index in [0.29, 0.717) is 17.8 Å². The summed E-state index contributed by atoms with van der Waals surface area (Å²) in [6.07, 6.45) is -0.496. The maximum Gasteiger partial charge on any atom is 0.407 e. The molecule has 0 saturated carbocycles. The van der Waals surface area contributed by atoms with Gasteiger partial charge in [-0.25, -0.2) is 9.59 Å². The molecule has 2 rings (SSSR count). The Kier molecular flexibility index (Phi) is 6.18. The van der Waals surface area contributed by atoms with Gasteiger partial charge in [0.05, 0.1) is 5.56 Å². The van der Waals surface area contributed by atoms with Gasteiger partial charge in [0, 0.05) is 17.8 Å². The molecule has 3 N–H and O–H groups in total. The van der Waals surface area contributed by atoms with Crippen molar-refractivity contribution in [3.63, 3.8) is 0 Å². The summed E-state index contributed by atoms with van der Waals surface area (Å²) >= 11 is 0. The van der Waals surface area contributed by atoms with Crippen LogP contribution in [0.4, 0.5) is 10.5 Å². The Balaban J connectivity index is 1.90. The molecule has 0 atom stereocenters. The molecule has 0 radical (unpaired) electrons. The Morgan fingerprint density at radius 1 is 0.926 bits per heavy atom. The number of ether oxygens (including phenoxy) is 1. The number of nitrogens with one attached hydrogen (secondary N) is 2. The maximum absolute atomic E-state index is 12.2. The van der Waals surface area contributed by atoms with Crippen LogP contribution in [0.15, 0.2) is 48.5 Å². The fourth-order valence-corrected chi connectivity index (χ4v) is 2.16. The molecular weight excluding hydrogens is 348 g/mol. The van der Waals surface area contributed by atoms with Crippen molar-refractivity contribution in [3.8, 4) is 0 Å². The lowest BCUT2D eigenvalue weighted by Gasteiger charge is -2.19. The van der Waals surface area contributed by atoms with Crippen molar-refractivity contribution in [1.82, 2.24) is 5.32 Å². The summed E-state index contributed by atoms with van der Waals surface area (Å²) in [6, 6.07) is 12.7. The molecule has 0 aliphatic rings. The van der Waals surface area contributed by atoms with Gasteiger partial charge < -0.3 is 20.5 Å². The fraction of sp³-hybridized carbons (Fsp3) is 0.250. The highest BCUT2D eigenvalue weighted by molar-refractivity contribution is 6.04. The number of carboxylic acid groups (broad SMARTS) is 1. The number of alkyl carbamates (subject to hydrolysis) is 1. The molecule has 0 aliphatic carbocycles. The largest absolute Gasteiger partial charge is 0.478 e. The average Bonchev–Trinajstić information content (AvgIpc) is 2.59. The van der Waals surface area contributed by atoms with E-state index in [-0.39, 0.29) is 11.5 Å². The van der Waals surface area contributed by atoms with E-state index in [9.17, 15) is 14.4 Å². The van der Waals surface area contributed by atoms with Crippen LogP contribution < -0.4 is 10.6 Å². The minimum absolute atomic E-state index is 0.119. The van der Waals surface area contributed by atoms with Gasteiger partial charge in [0.2, 0.25) is 0 Å². The smallest absolute Gasteiger partial charge is 0.407 e. The highest BCUT2D eigenvalue weighted by Gasteiger charge is 2.15. The molecule has 0 aromatic heterocycles. The molecule has 0 unspecified atom stereocenters. The molecule has 2 aromatic rings. The highest BCUT2D eigenvalue weighted by atomic mass is 16.6. The van der Waals surface area contributed by atoms with Gasteiger partial charge in [-0.2, -0.15) is 0 Å². The lowest BCUT2D eigenvalue weighted by molar-refractivity contribution is 0.0522. The Labute approximate surface area is 157 Å². The SMILES string of the molecule is CC(C)(C)OC(=O)NCc1ccc(NC(=O)c2ccc(C(=O)O)cc2)cc1. The van der Waals surface area contributed by atoms with E-state index in [1.165, 1.54) is 24.3 Å². The first-order valence-corrected chi connectivity index (χ1v) is 8.34. The minimum Gasteiger partial charge on any atom is -0.478 e. The molecule has 7 nitrogen and oxygen atoms in total. The predicted octanol–water partition coefficient (Wildman–Crippen LogP) is 3.66. The summed E-state index contributed by atoms with van der Waals surface area (Å²) in [5, 5.41) is 14.3. The second-order valence-electron chi connectivity index (χ2n) is 6.89. The number of hydrogen-bond donors (Lipinski definition) is 3. The Hall–Kier alpha value is -3.35. The van der Waals surface area contributed by atoms with Crippen LogP contribution in [0.25, 0.3) is 0 Å².